The minimum atomic E-state index is -0.638. The van der Waals surface area contributed by atoms with Crippen molar-refractivity contribution in [3.05, 3.63) is 45.4 Å². The minimum absolute atomic E-state index is 0.0288. The summed E-state index contributed by atoms with van der Waals surface area (Å²) in [5, 5.41) is -0.0288. The van der Waals surface area contributed by atoms with Gasteiger partial charge in [-0.1, -0.05) is 18.3 Å². The number of nitrogens with one attached hydrogen (secondary N) is 1. The van der Waals surface area contributed by atoms with Crippen molar-refractivity contribution in [1.82, 2.24) is 14.5 Å². The lowest BCUT2D eigenvalue weighted by Crippen LogP contribution is -2.37. The quantitative estimate of drug-likeness (QED) is 0.804. The fraction of sp³-hybridized carbons (Fsp3) is 0.385. The summed E-state index contributed by atoms with van der Waals surface area (Å²) in [6, 6.07) is 0. The van der Waals surface area contributed by atoms with Crippen molar-refractivity contribution in [2.24, 2.45) is 0 Å². The first-order valence-corrected chi connectivity index (χ1v) is 7.19. The molecule has 1 heterocycles. The van der Waals surface area contributed by atoms with E-state index < -0.39 is 11.2 Å². The van der Waals surface area contributed by atoms with Crippen LogP contribution in [-0.4, -0.2) is 37.8 Å². The van der Waals surface area contributed by atoms with E-state index in [9.17, 15) is 19.2 Å². The molecule has 0 aliphatic carbocycles. The van der Waals surface area contributed by atoms with Gasteiger partial charge in [-0.05, 0) is 13.1 Å². The number of thioether (sulfide) groups is 1. The number of hydrogen-bond donors (Lipinski definition) is 1. The van der Waals surface area contributed by atoms with Gasteiger partial charge in [-0.25, -0.2) is 4.79 Å². The monoisotopic (exact) mass is 311 g/mol. The highest BCUT2D eigenvalue weighted by atomic mass is 32.2. The van der Waals surface area contributed by atoms with Crippen LogP contribution in [0.3, 0.4) is 0 Å². The van der Waals surface area contributed by atoms with Crippen molar-refractivity contribution in [1.29, 1.82) is 0 Å². The van der Waals surface area contributed by atoms with E-state index in [1.807, 2.05) is 0 Å². The van der Waals surface area contributed by atoms with Gasteiger partial charge in [0.25, 0.3) is 5.56 Å². The average molecular weight is 311 g/mol. The number of amides is 1. The molecule has 0 fully saturated rings. The van der Waals surface area contributed by atoms with Crippen molar-refractivity contribution in [3.63, 3.8) is 0 Å². The zero-order valence-corrected chi connectivity index (χ0v) is 12.7. The highest BCUT2D eigenvalue weighted by Crippen LogP contribution is 2.03. The molecule has 0 bridgehead atoms. The predicted molar refractivity (Wildman–Crippen MR) is 81.1 cm³/mol. The van der Waals surface area contributed by atoms with Gasteiger partial charge >= 0.3 is 5.69 Å². The second-order valence-corrected chi connectivity index (χ2v) is 5.58. The van der Waals surface area contributed by atoms with E-state index in [0.717, 1.165) is 16.3 Å². The fourth-order valence-electron chi connectivity index (χ4n) is 1.58. The number of H-pyrrole nitrogens is 1. The van der Waals surface area contributed by atoms with Crippen LogP contribution in [0.1, 0.15) is 12.5 Å². The number of carbonyl (C=O) groups is 2. The fourth-order valence-corrected chi connectivity index (χ4v) is 2.15. The molecule has 0 atom stereocenters. The lowest BCUT2D eigenvalue weighted by Gasteiger charge is -2.18. The number of hydrogen-bond acceptors (Lipinski definition) is 5. The number of aromatic amines is 1. The molecule has 8 heteroatoms. The van der Waals surface area contributed by atoms with Crippen molar-refractivity contribution in [2.45, 2.75) is 20.4 Å². The van der Waals surface area contributed by atoms with Crippen LogP contribution < -0.4 is 11.2 Å². The molecule has 0 aliphatic heterocycles. The summed E-state index contributed by atoms with van der Waals surface area (Å²) >= 11 is 1.11. The second kappa shape index (κ2) is 7.63. The van der Waals surface area contributed by atoms with E-state index in [1.165, 1.54) is 24.2 Å². The third-order valence-corrected chi connectivity index (χ3v) is 3.47. The highest BCUT2D eigenvalue weighted by Gasteiger charge is 2.13. The number of aromatic nitrogens is 2. The lowest BCUT2D eigenvalue weighted by molar-refractivity contribution is -0.129. The Hall–Kier alpha value is -2.09. The van der Waals surface area contributed by atoms with E-state index in [-0.39, 0.29) is 17.6 Å². The summed E-state index contributed by atoms with van der Waals surface area (Å²) < 4.78 is 1.13. The maximum atomic E-state index is 12.1. The highest BCUT2D eigenvalue weighted by molar-refractivity contribution is 8.13. The maximum absolute atomic E-state index is 12.1. The van der Waals surface area contributed by atoms with Crippen molar-refractivity contribution in [2.75, 3.05) is 12.3 Å². The van der Waals surface area contributed by atoms with Gasteiger partial charge < -0.3 is 4.90 Å². The molecule has 114 valence electrons. The normalized spacial score (nSPS) is 10.2. The van der Waals surface area contributed by atoms with Crippen molar-refractivity contribution >= 4 is 22.8 Å². The first-order valence-electron chi connectivity index (χ1n) is 6.21. The predicted octanol–water partition coefficient (Wildman–Crippen LogP) is 0.0968. The van der Waals surface area contributed by atoms with Crippen molar-refractivity contribution in [3.8, 4) is 0 Å². The van der Waals surface area contributed by atoms with E-state index in [4.69, 9.17) is 0 Å². The van der Waals surface area contributed by atoms with Gasteiger partial charge in [0.1, 0.15) is 6.54 Å². The zero-order valence-electron chi connectivity index (χ0n) is 11.9. The van der Waals surface area contributed by atoms with Gasteiger partial charge in [-0.15, -0.1) is 0 Å². The van der Waals surface area contributed by atoms with Gasteiger partial charge in [0.2, 0.25) is 5.91 Å². The van der Waals surface area contributed by atoms with Crippen molar-refractivity contribution < 1.29 is 9.59 Å². The van der Waals surface area contributed by atoms with Crippen LogP contribution in [0.2, 0.25) is 0 Å². The molecular weight excluding hydrogens is 294 g/mol. The molecule has 21 heavy (non-hydrogen) atoms. The van der Waals surface area contributed by atoms with Gasteiger partial charge in [0.05, 0.1) is 0 Å². The first kappa shape index (κ1) is 17.0. The molecule has 7 nitrogen and oxygen atoms in total. The molecule has 0 radical (unpaired) electrons. The number of carbonyl (C=O) groups excluding carboxylic acids is 2. The largest absolute Gasteiger partial charge is 0.328 e. The molecule has 0 unspecified atom stereocenters. The van der Waals surface area contributed by atoms with E-state index >= 15 is 0 Å². The zero-order chi connectivity index (χ0) is 16.0. The Morgan fingerprint density at radius 2 is 2.14 bits per heavy atom. The lowest BCUT2D eigenvalue weighted by atomic mass is 10.4. The van der Waals surface area contributed by atoms with Crippen LogP contribution >= 0.6 is 11.8 Å². The average Bonchev–Trinajstić information content (AvgIpc) is 2.40. The Morgan fingerprint density at radius 3 is 2.71 bits per heavy atom. The minimum Gasteiger partial charge on any atom is -0.317 e. The molecule has 0 saturated carbocycles. The van der Waals surface area contributed by atoms with Crippen LogP contribution in [0.25, 0.3) is 0 Å². The van der Waals surface area contributed by atoms with Gasteiger partial charge in [0.15, 0.2) is 5.12 Å². The van der Waals surface area contributed by atoms with Crippen LogP contribution in [0, 0.1) is 6.92 Å². The summed E-state index contributed by atoms with van der Waals surface area (Å²) in [6.07, 6.45) is 2.69. The standard InChI is InChI=1S/C13H17N3O4S/c1-4-15(5-6-21-10(3)17)11(18)8-16-7-9(2)12(19)14-13(16)20/h4,7H,1,5-6,8H2,2-3H3,(H,14,19,20). The first-order chi connectivity index (χ1) is 9.85. The second-order valence-electron chi connectivity index (χ2n) is 4.31. The molecule has 0 aromatic carbocycles. The summed E-state index contributed by atoms with van der Waals surface area (Å²) in [4.78, 5) is 49.3. The van der Waals surface area contributed by atoms with Gasteiger partial charge in [-0.2, -0.15) is 0 Å². The number of rotatable bonds is 6. The Bertz CT molecular complexity index is 662. The van der Waals surface area contributed by atoms with Gasteiger partial charge in [0, 0.05) is 31.0 Å². The Labute approximate surface area is 125 Å². The number of nitrogens with zero attached hydrogens (tertiary/aromatic N) is 2. The molecule has 1 aromatic rings. The molecular formula is C13H17N3O4S. The summed E-state index contributed by atoms with van der Waals surface area (Å²) in [5.74, 6) is 0.106. The molecule has 0 spiro atoms. The topological polar surface area (TPSA) is 92.2 Å². The van der Waals surface area contributed by atoms with Gasteiger partial charge in [-0.3, -0.25) is 23.9 Å². The molecule has 0 aliphatic rings. The SMILES string of the molecule is C=CN(CCSC(C)=O)C(=O)Cn1cc(C)c(=O)[nH]c1=O. The van der Waals surface area contributed by atoms with Crippen LogP contribution in [0.4, 0.5) is 0 Å². The molecule has 1 amide bonds. The Morgan fingerprint density at radius 1 is 1.48 bits per heavy atom. The summed E-state index contributed by atoms with van der Waals surface area (Å²) in [6.45, 7) is 6.66. The third-order valence-electron chi connectivity index (χ3n) is 2.67. The third kappa shape index (κ3) is 5.07. The van der Waals surface area contributed by atoms with Crippen LogP contribution in [-0.2, 0) is 16.1 Å². The molecule has 1 rings (SSSR count). The maximum Gasteiger partial charge on any atom is 0.328 e. The Balaban J connectivity index is 2.76. The molecule has 1 aromatic heterocycles. The summed E-state index contributed by atoms with van der Waals surface area (Å²) in [7, 11) is 0. The molecule has 0 saturated heterocycles. The van der Waals surface area contributed by atoms with E-state index in [0.29, 0.717) is 17.9 Å². The smallest absolute Gasteiger partial charge is 0.317 e. The number of aryl methyl sites for hydroxylation is 1. The Kier molecular flexibility index (Phi) is 6.16. The summed E-state index contributed by atoms with van der Waals surface area (Å²) in [5.41, 5.74) is -0.761. The van der Waals surface area contributed by atoms with Crippen LogP contribution in [0.15, 0.2) is 28.6 Å². The molecule has 1 N–H and O–H groups in total. The van der Waals surface area contributed by atoms with Crippen LogP contribution in [0.5, 0.6) is 0 Å². The van der Waals surface area contributed by atoms with E-state index in [2.05, 4.69) is 11.6 Å². The van der Waals surface area contributed by atoms with E-state index in [1.54, 1.807) is 6.92 Å².